The molecule has 2 unspecified atom stereocenters. The predicted molar refractivity (Wildman–Crippen MR) is 68.7 cm³/mol. The van der Waals surface area contributed by atoms with Crippen molar-refractivity contribution in [3.8, 4) is 0 Å². The van der Waals surface area contributed by atoms with Crippen LogP contribution >= 0.6 is 0 Å². The first-order valence-corrected chi connectivity index (χ1v) is 8.23. The van der Waals surface area contributed by atoms with Gasteiger partial charge in [0.25, 0.3) is 0 Å². The molecule has 1 rings (SSSR count). The lowest BCUT2D eigenvalue weighted by molar-refractivity contribution is -0.207. The van der Waals surface area contributed by atoms with Gasteiger partial charge >= 0.3 is 6.18 Å². The average Bonchev–Trinajstić information content (AvgIpc) is 2.26. The minimum atomic E-state index is -4.63. The van der Waals surface area contributed by atoms with E-state index in [1.54, 1.807) is 0 Å². The van der Waals surface area contributed by atoms with Crippen LogP contribution in [-0.4, -0.2) is 74.5 Å². The van der Waals surface area contributed by atoms with E-state index in [-0.39, 0.29) is 5.92 Å². The normalized spacial score (nSPS) is 24.1. The zero-order chi connectivity index (χ0) is 15.6. The van der Waals surface area contributed by atoms with Crippen LogP contribution in [0.25, 0.3) is 0 Å². The molecule has 9 heteroatoms. The highest BCUT2D eigenvalue weighted by Gasteiger charge is 2.39. The van der Waals surface area contributed by atoms with E-state index in [4.69, 9.17) is 5.11 Å². The molecule has 1 saturated heterocycles. The monoisotopic (exact) mass is 318 g/mol. The second-order valence-corrected chi connectivity index (χ2v) is 7.39. The van der Waals surface area contributed by atoms with Crippen molar-refractivity contribution < 1.29 is 26.7 Å². The molecule has 0 radical (unpaired) electrons. The van der Waals surface area contributed by atoms with Gasteiger partial charge in [0.2, 0.25) is 10.0 Å². The number of sulfonamides is 1. The van der Waals surface area contributed by atoms with E-state index in [9.17, 15) is 21.6 Å². The maximum absolute atomic E-state index is 12.2. The molecule has 0 aliphatic carbocycles. The lowest BCUT2D eigenvalue weighted by atomic mass is 9.99. The van der Waals surface area contributed by atoms with Gasteiger partial charge in [-0.3, -0.25) is 0 Å². The van der Waals surface area contributed by atoms with Crippen molar-refractivity contribution in [1.82, 2.24) is 9.21 Å². The molecule has 0 saturated carbocycles. The zero-order valence-electron chi connectivity index (χ0n) is 11.6. The van der Waals surface area contributed by atoms with Crippen molar-refractivity contribution in [1.29, 1.82) is 0 Å². The van der Waals surface area contributed by atoms with E-state index in [0.717, 1.165) is 12.7 Å². The van der Waals surface area contributed by atoms with Gasteiger partial charge in [0.15, 0.2) is 6.10 Å². The number of rotatable bonds is 5. The van der Waals surface area contributed by atoms with Crippen molar-refractivity contribution in [2.24, 2.45) is 5.92 Å². The highest BCUT2D eigenvalue weighted by Crippen LogP contribution is 2.22. The topological polar surface area (TPSA) is 60.9 Å². The van der Waals surface area contributed by atoms with Crippen LogP contribution in [0.5, 0.6) is 0 Å². The lowest BCUT2D eigenvalue weighted by Gasteiger charge is -2.33. The zero-order valence-corrected chi connectivity index (χ0v) is 12.4. The molecule has 0 aromatic rings. The number of aliphatic hydroxyl groups is 1. The highest BCUT2D eigenvalue weighted by molar-refractivity contribution is 7.88. The number of hydrogen-bond donors (Lipinski definition) is 1. The first-order chi connectivity index (χ1) is 9.00. The van der Waals surface area contributed by atoms with Crippen LogP contribution in [0.2, 0.25) is 0 Å². The van der Waals surface area contributed by atoms with Crippen LogP contribution < -0.4 is 0 Å². The summed E-state index contributed by atoms with van der Waals surface area (Å²) >= 11 is 0. The van der Waals surface area contributed by atoms with E-state index >= 15 is 0 Å². The van der Waals surface area contributed by atoms with E-state index < -0.39 is 28.8 Å². The van der Waals surface area contributed by atoms with Crippen molar-refractivity contribution in [3.05, 3.63) is 0 Å². The predicted octanol–water partition coefficient (Wildman–Crippen LogP) is 0.513. The molecule has 0 aromatic carbocycles. The van der Waals surface area contributed by atoms with Crippen molar-refractivity contribution >= 4 is 10.0 Å². The molecule has 120 valence electrons. The van der Waals surface area contributed by atoms with Crippen LogP contribution in [-0.2, 0) is 10.0 Å². The van der Waals surface area contributed by atoms with Gasteiger partial charge in [0, 0.05) is 26.2 Å². The molecule has 1 aliphatic heterocycles. The molecule has 2 atom stereocenters. The van der Waals surface area contributed by atoms with Gasteiger partial charge in [-0.2, -0.15) is 13.2 Å². The highest BCUT2D eigenvalue weighted by atomic mass is 32.2. The Bertz CT molecular complexity index is 414. The fourth-order valence-corrected chi connectivity index (χ4v) is 3.33. The van der Waals surface area contributed by atoms with Gasteiger partial charge in [-0.1, -0.05) is 0 Å². The number of nitrogens with zero attached hydrogens (tertiary/aromatic N) is 2. The summed E-state index contributed by atoms with van der Waals surface area (Å²) in [6.07, 6.45) is -4.39. The summed E-state index contributed by atoms with van der Waals surface area (Å²) < 4.78 is 61.0. The summed E-state index contributed by atoms with van der Waals surface area (Å²) in [5.74, 6) is -0.0103. The van der Waals surface area contributed by atoms with E-state index in [0.29, 0.717) is 26.1 Å². The van der Waals surface area contributed by atoms with Gasteiger partial charge < -0.3 is 10.0 Å². The Morgan fingerprint density at radius 3 is 2.55 bits per heavy atom. The third kappa shape index (κ3) is 5.55. The summed E-state index contributed by atoms with van der Waals surface area (Å²) in [7, 11) is -1.76. The first-order valence-electron chi connectivity index (χ1n) is 6.38. The molecule has 20 heavy (non-hydrogen) atoms. The van der Waals surface area contributed by atoms with E-state index in [1.165, 1.54) is 16.3 Å². The Labute approximate surface area is 117 Å². The molecule has 1 heterocycles. The lowest BCUT2D eigenvalue weighted by Crippen LogP contribution is -2.45. The van der Waals surface area contributed by atoms with Crippen LogP contribution in [0.3, 0.4) is 0 Å². The van der Waals surface area contributed by atoms with Crippen molar-refractivity contribution in [2.75, 3.05) is 39.5 Å². The molecular weight excluding hydrogens is 297 g/mol. The van der Waals surface area contributed by atoms with Gasteiger partial charge in [-0.15, -0.1) is 0 Å². The smallest absolute Gasteiger partial charge is 0.382 e. The van der Waals surface area contributed by atoms with Crippen LogP contribution in [0.4, 0.5) is 13.2 Å². The molecule has 1 N–H and O–H groups in total. The third-order valence-corrected chi connectivity index (χ3v) is 4.65. The molecule has 0 bridgehead atoms. The molecule has 0 spiro atoms. The second kappa shape index (κ2) is 6.59. The molecule has 1 fully saturated rings. The number of halogens is 3. The summed E-state index contributed by atoms with van der Waals surface area (Å²) in [5.41, 5.74) is 0. The summed E-state index contributed by atoms with van der Waals surface area (Å²) in [4.78, 5) is 1.40. The summed E-state index contributed by atoms with van der Waals surface area (Å²) in [5, 5.41) is 8.99. The maximum atomic E-state index is 12.2. The van der Waals surface area contributed by atoms with Crippen LogP contribution in [0.15, 0.2) is 0 Å². The van der Waals surface area contributed by atoms with Crippen molar-refractivity contribution in [2.45, 2.75) is 25.1 Å². The quantitative estimate of drug-likeness (QED) is 0.802. The number of aliphatic hydroxyl groups excluding tert-OH is 1. The standard InChI is InChI=1S/C11H21F3N2O3S/c1-15(8-10(17)11(12,13)14)6-9-4-3-5-16(7-9)20(2,18)19/h9-10,17H,3-8H2,1-2H3. The van der Waals surface area contributed by atoms with Gasteiger partial charge in [0.05, 0.1) is 6.26 Å². The fraction of sp³-hybridized carbons (Fsp3) is 1.00. The maximum Gasteiger partial charge on any atom is 0.415 e. The molecule has 5 nitrogen and oxygen atoms in total. The number of likely N-dealkylation sites (N-methyl/N-ethyl adjacent to an activating group) is 1. The SMILES string of the molecule is CN(CC1CCCN(S(C)(=O)=O)C1)CC(O)C(F)(F)F. The van der Waals surface area contributed by atoms with Crippen LogP contribution in [0.1, 0.15) is 12.8 Å². The van der Waals surface area contributed by atoms with Gasteiger partial charge in [0.1, 0.15) is 0 Å². The van der Waals surface area contributed by atoms with Crippen molar-refractivity contribution in [3.63, 3.8) is 0 Å². The van der Waals surface area contributed by atoms with Crippen LogP contribution in [0, 0.1) is 5.92 Å². The minimum absolute atomic E-state index is 0.0103. The summed E-state index contributed by atoms with van der Waals surface area (Å²) in [6.45, 7) is 0.619. The minimum Gasteiger partial charge on any atom is -0.382 e. The van der Waals surface area contributed by atoms with E-state index in [1.807, 2.05) is 0 Å². The Kier molecular flexibility index (Phi) is 5.82. The summed E-state index contributed by atoms with van der Waals surface area (Å²) in [6, 6.07) is 0. The molecule has 0 amide bonds. The number of piperidine rings is 1. The molecular formula is C11H21F3N2O3S. The molecule has 1 aliphatic rings. The Balaban J connectivity index is 2.48. The second-order valence-electron chi connectivity index (χ2n) is 5.41. The Morgan fingerprint density at radius 2 is 2.05 bits per heavy atom. The Hall–Kier alpha value is -0.380. The van der Waals surface area contributed by atoms with Gasteiger partial charge in [-0.25, -0.2) is 12.7 Å². The fourth-order valence-electron chi connectivity index (χ4n) is 2.39. The largest absolute Gasteiger partial charge is 0.415 e. The van der Waals surface area contributed by atoms with Gasteiger partial charge in [-0.05, 0) is 25.8 Å². The first kappa shape index (κ1) is 17.7. The number of alkyl halides is 3. The molecule has 0 aromatic heterocycles. The number of hydrogen-bond acceptors (Lipinski definition) is 4. The third-order valence-electron chi connectivity index (χ3n) is 3.38. The Morgan fingerprint density at radius 1 is 1.45 bits per heavy atom. The van der Waals surface area contributed by atoms with E-state index in [2.05, 4.69) is 0 Å². The average molecular weight is 318 g/mol.